The quantitative estimate of drug-likeness (QED) is 0.919. The van der Waals surface area contributed by atoms with Crippen molar-refractivity contribution in [3.05, 3.63) is 33.1 Å². The molecule has 2 heterocycles. The van der Waals surface area contributed by atoms with Crippen LogP contribution in [0, 0.1) is 13.8 Å². The zero-order valence-electron chi connectivity index (χ0n) is 13.0. The number of hydrogen-bond donors (Lipinski definition) is 1. The largest absolute Gasteiger partial charge is 0.361 e. The first-order valence-electron chi connectivity index (χ1n) is 7.39. The predicted molar refractivity (Wildman–Crippen MR) is 83.8 cm³/mol. The summed E-state index contributed by atoms with van der Waals surface area (Å²) in [6.07, 6.45) is 2.50. The smallest absolute Gasteiger partial charge is 0.317 e. The third-order valence-electron chi connectivity index (χ3n) is 3.84. The molecule has 0 radical (unpaired) electrons. The maximum absolute atomic E-state index is 12.2. The summed E-state index contributed by atoms with van der Waals surface area (Å²) < 4.78 is 5.12. The molecule has 0 unspecified atom stereocenters. The molecule has 7 heteroatoms. The zero-order valence-corrected chi connectivity index (χ0v) is 13.9. The van der Waals surface area contributed by atoms with Gasteiger partial charge >= 0.3 is 6.03 Å². The van der Waals surface area contributed by atoms with Crippen LogP contribution in [0.15, 0.2) is 9.90 Å². The van der Waals surface area contributed by atoms with Crippen LogP contribution in [0.3, 0.4) is 0 Å². The average Bonchev–Trinajstić information content (AvgIpc) is 3.17. The molecule has 6 nitrogen and oxygen atoms in total. The van der Waals surface area contributed by atoms with Crippen molar-refractivity contribution in [2.24, 2.45) is 0 Å². The number of thiazole rings is 1. The molecule has 1 aliphatic rings. The minimum Gasteiger partial charge on any atom is -0.361 e. The Hall–Kier alpha value is -1.89. The van der Waals surface area contributed by atoms with E-state index in [-0.39, 0.29) is 6.03 Å². The van der Waals surface area contributed by atoms with E-state index in [1.165, 1.54) is 17.8 Å². The van der Waals surface area contributed by atoms with Gasteiger partial charge in [0.25, 0.3) is 0 Å². The standard InChI is InChI=1S/C15H20N4O2S/c1-9-13(10(2)21-18-9)7-19(3)15(20)16-6-12-8-22-14(17-12)11-4-5-11/h8,11H,4-7H2,1-3H3,(H,16,20). The third kappa shape index (κ3) is 3.30. The van der Waals surface area contributed by atoms with Gasteiger partial charge in [0.05, 0.1) is 29.5 Å². The van der Waals surface area contributed by atoms with E-state index in [1.807, 2.05) is 19.2 Å². The summed E-state index contributed by atoms with van der Waals surface area (Å²) in [5.41, 5.74) is 2.72. The topological polar surface area (TPSA) is 71.3 Å². The molecule has 22 heavy (non-hydrogen) atoms. The number of hydrogen-bond acceptors (Lipinski definition) is 5. The van der Waals surface area contributed by atoms with Crippen molar-refractivity contribution >= 4 is 17.4 Å². The Morgan fingerprint density at radius 2 is 2.27 bits per heavy atom. The first-order chi connectivity index (χ1) is 10.5. The van der Waals surface area contributed by atoms with Gasteiger partial charge in [-0.25, -0.2) is 9.78 Å². The second-order valence-electron chi connectivity index (χ2n) is 5.77. The lowest BCUT2D eigenvalue weighted by Gasteiger charge is -2.17. The van der Waals surface area contributed by atoms with Gasteiger partial charge in [-0.1, -0.05) is 5.16 Å². The van der Waals surface area contributed by atoms with Crippen LogP contribution >= 0.6 is 11.3 Å². The Morgan fingerprint density at radius 1 is 1.50 bits per heavy atom. The van der Waals surface area contributed by atoms with Gasteiger partial charge in [0.2, 0.25) is 0 Å². The predicted octanol–water partition coefficient (Wildman–Crippen LogP) is 2.97. The van der Waals surface area contributed by atoms with Crippen molar-refractivity contribution in [2.45, 2.75) is 45.7 Å². The highest BCUT2D eigenvalue weighted by Crippen LogP contribution is 2.41. The highest BCUT2D eigenvalue weighted by atomic mass is 32.1. The van der Waals surface area contributed by atoms with Crippen molar-refractivity contribution in [2.75, 3.05) is 7.05 Å². The lowest BCUT2D eigenvalue weighted by atomic mass is 10.2. The van der Waals surface area contributed by atoms with E-state index in [0.29, 0.717) is 19.0 Å². The lowest BCUT2D eigenvalue weighted by Crippen LogP contribution is -2.36. The maximum Gasteiger partial charge on any atom is 0.317 e. The van der Waals surface area contributed by atoms with E-state index < -0.39 is 0 Å². The molecular weight excluding hydrogens is 300 g/mol. The Morgan fingerprint density at radius 3 is 2.91 bits per heavy atom. The summed E-state index contributed by atoms with van der Waals surface area (Å²) in [6, 6.07) is -0.124. The molecule has 2 amide bonds. The molecule has 1 fully saturated rings. The van der Waals surface area contributed by atoms with Crippen molar-refractivity contribution in [1.29, 1.82) is 0 Å². The van der Waals surface area contributed by atoms with Gasteiger partial charge in [-0.3, -0.25) is 0 Å². The molecule has 118 valence electrons. The zero-order chi connectivity index (χ0) is 15.7. The van der Waals surface area contributed by atoms with Crippen LogP contribution in [-0.4, -0.2) is 28.1 Å². The Balaban J connectivity index is 1.52. The van der Waals surface area contributed by atoms with Crippen molar-refractivity contribution in [3.63, 3.8) is 0 Å². The monoisotopic (exact) mass is 320 g/mol. The number of carbonyl (C=O) groups excluding carboxylic acids is 1. The number of nitrogens with one attached hydrogen (secondary N) is 1. The number of aryl methyl sites for hydroxylation is 2. The molecule has 2 aromatic rings. The summed E-state index contributed by atoms with van der Waals surface area (Å²) in [6.45, 7) is 4.69. The Labute approximate surface area is 133 Å². The number of carbonyl (C=O) groups is 1. The minimum atomic E-state index is -0.124. The Bertz CT molecular complexity index is 655. The first kappa shape index (κ1) is 15.0. The molecular formula is C15H20N4O2S. The van der Waals surface area contributed by atoms with Gasteiger partial charge in [0.1, 0.15) is 5.76 Å². The summed E-state index contributed by atoms with van der Waals surface area (Å²) in [5.74, 6) is 1.42. The first-order valence-corrected chi connectivity index (χ1v) is 8.27. The van der Waals surface area contributed by atoms with Crippen LogP contribution in [0.1, 0.15) is 46.5 Å². The number of aromatic nitrogens is 2. The van der Waals surface area contributed by atoms with Crippen LogP contribution < -0.4 is 5.32 Å². The molecule has 1 N–H and O–H groups in total. The molecule has 3 rings (SSSR count). The maximum atomic E-state index is 12.2. The van der Waals surface area contributed by atoms with E-state index in [0.717, 1.165) is 22.7 Å². The van der Waals surface area contributed by atoms with Crippen molar-refractivity contribution in [1.82, 2.24) is 20.4 Å². The summed E-state index contributed by atoms with van der Waals surface area (Å²) in [4.78, 5) is 18.4. The van der Waals surface area contributed by atoms with E-state index in [4.69, 9.17) is 4.52 Å². The fourth-order valence-electron chi connectivity index (χ4n) is 2.26. The van der Waals surface area contributed by atoms with Gasteiger partial charge in [-0.15, -0.1) is 11.3 Å². The molecule has 1 saturated carbocycles. The van der Waals surface area contributed by atoms with Crippen LogP contribution in [0.5, 0.6) is 0 Å². The fraction of sp³-hybridized carbons (Fsp3) is 0.533. The number of nitrogens with zero attached hydrogens (tertiary/aromatic N) is 3. The highest BCUT2D eigenvalue weighted by Gasteiger charge is 2.26. The summed E-state index contributed by atoms with van der Waals surface area (Å²) >= 11 is 1.69. The van der Waals surface area contributed by atoms with Crippen molar-refractivity contribution in [3.8, 4) is 0 Å². The molecule has 2 aromatic heterocycles. The van der Waals surface area contributed by atoms with Gasteiger partial charge in [-0.05, 0) is 26.7 Å². The van der Waals surface area contributed by atoms with Crippen LogP contribution in [-0.2, 0) is 13.1 Å². The van der Waals surface area contributed by atoms with E-state index in [9.17, 15) is 4.79 Å². The lowest BCUT2D eigenvalue weighted by molar-refractivity contribution is 0.206. The molecule has 0 aliphatic heterocycles. The molecule has 1 aliphatic carbocycles. The third-order valence-corrected chi connectivity index (χ3v) is 4.90. The van der Waals surface area contributed by atoms with E-state index in [2.05, 4.69) is 15.5 Å². The average molecular weight is 320 g/mol. The normalized spacial score (nSPS) is 14.1. The van der Waals surface area contributed by atoms with Gasteiger partial charge in [-0.2, -0.15) is 0 Å². The second-order valence-corrected chi connectivity index (χ2v) is 6.66. The van der Waals surface area contributed by atoms with Gasteiger partial charge < -0.3 is 14.7 Å². The van der Waals surface area contributed by atoms with Crippen molar-refractivity contribution < 1.29 is 9.32 Å². The number of urea groups is 1. The van der Waals surface area contributed by atoms with E-state index in [1.54, 1.807) is 23.3 Å². The van der Waals surface area contributed by atoms with Gasteiger partial charge in [0, 0.05) is 23.9 Å². The molecule has 0 atom stereocenters. The minimum absolute atomic E-state index is 0.124. The fourth-order valence-corrected chi connectivity index (χ4v) is 3.25. The Kier molecular flexibility index (Phi) is 4.15. The molecule has 0 saturated heterocycles. The molecule has 0 bridgehead atoms. The van der Waals surface area contributed by atoms with E-state index >= 15 is 0 Å². The summed E-state index contributed by atoms with van der Waals surface area (Å²) in [7, 11) is 1.76. The van der Waals surface area contributed by atoms with Crippen LogP contribution in [0.2, 0.25) is 0 Å². The molecule has 0 spiro atoms. The van der Waals surface area contributed by atoms with Crippen LogP contribution in [0.4, 0.5) is 4.79 Å². The van der Waals surface area contributed by atoms with Crippen LogP contribution in [0.25, 0.3) is 0 Å². The summed E-state index contributed by atoms with van der Waals surface area (Å²) in [5, 5.41) is 10.0. The molecule has 0 aromatic carbocycles. The highest BCUT2D eigenvalue weighted by molar-refractivity contribution is 7.09. The van der Waals surface area contributed by atoms with Gasteiger partial charge in [0.15, 0.2) is 0 Å². The number of amides is 2. The SMILES string of the molecule is Cc1noc(C)c1CN(C)C(=O)NCc1csc(C2CC2)n1. The number of rotatable bonds is 5. The second kappa shape index (κ2) is 6.08.